The summed E-state index contributed by atoms with van der Waals surface area (Å²) in [7, 11) is 0. The number of amides is 1. The number of carboxylic acids is 2. The highest BCUT2D eigenvalue weighted by atomic mass is 16.4. The number of nitrogens with two attached hydrogens (primary N) is 1. The number of carbonyl (C=O) groups is 3. The Morgan fingerprint density at radius 1 is 1.22 bits per heavy atom. The average molecular weight is 443 g/mol. The first-order valence-corrected chi connectivity index (χ1v) is 9.68. The molecule has 1 amide bonds. The van der Waals surface area contributed by atoms with E-state index in [1.54, 1.807) is 12.1 Å². The number of carbonyl (C=O) groups excluding carboxylic acids is 3. The third-order valence-electron chi connectivity index (χ3n) is 4.73. The average Bonchev–Trinajstić information content (AvgIpc) is 2.75. The van der Waals surface area contributed by atoms with Gasteiger partial charge in [0.2, 0.25) is 5.95 Å². The molecule has 13 nitrogen and oxygen atoms in total. The Labute approximate surface area is 181 Å². The number of nitrogens with one attached hydrogen (secondary N) is 5. The molecule has 0 fully saturated rings. The number of H-pyrrole nitrogens is 1. The van der Waals surface area contributed by atoms with E-state index in [1.807, 2.05) is 0 Å². The van der Waals surface area contributed by atoms with Crippen LogP contribution in [0.1, 0.15) is 23.2 Å². The van der Waals surface area contributed by atoms with Gasteiger partial charge in [0.25, 0.3) is 11.5 Å². The van der Waals surface area contributed by atoms with E-state index in [4.69, 9.17) is 5.73 Å². The number of nitrogen functional groups attached to an aromatic ring is 1. The number of fused-ring (bicyclic) bond motifs is 1. The molecule has 13 heteroatoms. The predicted octanol–water partition coefficient (Wildman–Crippen LogP) is -2.95. The minimum atomic E-state index is -1.58. The van der Waals surface area contributed by atoms with Gasteiger partial charge in [-0.2, -0.15) is 4.98 Å². The molecule has 1 aliphatic heterocycles. The van der Waals surface area contributed by atoms with Crippen molar-refractivity contribution in [1.82, 2.24) is 15.3 Å². The van der Waals surface area contributed by atoms with Crippen molar-refractivity contribution in [2.45, 2.75) is 24.9 Å². The minimum absolute atomic E-state index is 0.0218. The first-order valence-electron chi connectivity index (χ1n) is 9.68. The van der Waals surface area contributed by atoms with E-state index in [1.165, 1.54) is 12.1 Å². The Bertz CT molecular complexity index is 1070. The van der Waals surface area contributed by atoms with Crippen molar-refractivity contribution < 1.29 is 24.6 Å². The summed E-state index contributed by atoms with van der Waals surface area (Å²) in [4.78, 5) is 52.3. The van der Waals surface area contributed by atoms with Crippen LogP contribution in [-0.2, 0) is 9.59 Å². The molecule has 0 aliphatic carbocycles. The summed E-state index contributed by atoms with van der Waals surface area (Å²) in [5.41, 5.74) is 6.32. The summed E-state index contributed by atoms with van der Waals surface area (Å²) in [6.07, 6.45) is -0.863. The van der Waals surface area contributed by atoms with Gasteiger partial charge in [-0.15, -0.1) is 0 Å². The molecule has 7 N–H and O–H groups in total. The van der Waals surface area contributed by atoms with Crippen LogP contribution >= 0.6 is 0 Å². The highest BCUT2D eigenvalue weighted by molar-refractivity contribution is 5.96. The summed E-state index contributed by atoms with van der Waals surface area (Å²) in [6, 6.07) is 4.65. The molecule has 1 aliphatic rings. The second-order valence-electron chi connectivity index (χ2n) is 7.11. The smallest absolute Gasteiger partial charge is 0.277 e. The largest absolute Gasteiger partial charge is 0.550 e. The van der Waals surface area contributed by atoms with E-state index in [9.17, 15) is 29.4 Å². The molecular formula is C19H21N7O6-2. The van der Waals surface area contributed by atoms with Crippen LogP contribution in [0.3, 0.4) is 0 Å². The van der Waals surface area contributed by atoms with E-state index < -0.39 is 30.3 Å². The van der Waals surface area contributed by atoms with Crippen LogP contribution in [0.2, 0.25) is 0 Å². The maximum atomic E-state index is 12.2. The lowest BCUT2D eigenvalue weighted by molar-refractivity contribution is -0.309. The van der Waals surface area contributed by atoms with Gasteiger partial charge >= 0.3 is 0 Å². The standard InChI is InChI=1S/C19H23N7O6/c20-19-25-15-14(17(30)26-19)23-11(8-22-15)7-21-10-3-1-9(2-4-10)16(29)24-12(18(31)32)5-6-13(27)28/h1-4,11-12,21,23H,5-8H2,(H,24,29)(H,27,28)(H,31,32)(H4,20,22,25,26,30)/p-2/t11-,12+/m1/s1. The number of benzene rings is 1. The van der Waals surface area contributed by atoms with Crippen LogP contribution in [0.4, 0.5) is 23.1 Å². The van der Waals surface area contributed by atoms with Crippen molar-refractivity contribution in [3.8, 4) is 0 Å². The molecule has 1 aromatic carbocycles. The van der Waals surface area contributed by atoms with Gasteiger partial charge < -0.3 is 46.8 Å². The zero-order chi connectivity index (χ0) is 23.3. The van der Waals surface area contributed by atoms with Gasteiger partial charge in [0.1, 0.15) is 5.69 Å². The highest BCUT2D eigenvalue weighted by Crippen LogP contribution is 2.20. The summed E-state index contributed by atoms with van der Waals surface area (Å²) in [6.45, 7) is 0.935. The summed E-state index contributed by atoms with van der Waals surface area (Å²) in [5, 5.41) is 33.1. The second kappa shape index (κ2) is 9.68. The van der Waals surface area contributed by atoms with Crippen molar-refractivity contribution in [1.29, 1.82) is 0 Å². The third kappa shape index (κ3) is 5.65. The van der Waals surface area contributed by atoms with Crippen molar-refractivity contribution in [3.05, 3.63) is 40.2 Å². The molecule has 0 saturated carbocycles. The van der Waals surface area contributed by atoms with Gasteiger partial charge in [0, 0.05) is 30.3 Å². The lowest BCUT2D eigenvalue weighted by Gasteiger charge is -2.27. The van der Waals surface area contributed by atoms with Crippen LogP contribution in [-0.4, -0.2) is 53.0 Å². The highest BCUT2D eigenvalue weighted by Gasteiger charge is 2.21. The fraction of sp³-hybridized carbons (Fsp3) is 0.316. The Kier molecular flexibility index (Phi) is 6.77. The zero-order valence-corrected chi connectivity index (χ0v) is 16.8. The number of rotatable bonds is 9. The molecule has 0 bridgehead atoms. The molecule has 0 unspecified atom stereocenters. The fourth-order valence-corrected chi connectivity index (χ4v) is 3.08. The van der Waals surface area contributed by atoms with Crippen molar-refractivity contribution in [3.63, 3.8) is 0 Å². The molecule has 1 aromatic heterocycles. The van der Waals surface area contributed by atoms with Crippen molar-refractivity contribution >= 4 is 41.0 Å². The summed E-state index contributed by atoms with van der Waals surface area (Å²) in [5.74, 6) is -3.27. The van der Waals surface area contributed by atoms with Crippen LogP contribution in [0.25, 0.3) is 0 Å². The van der Waals surface area contributed by atoms with Crippen LogP contribution in [0.5, 0.6) is 0 Å². The number of carboxylic acid groups (broad SMARTS) is 2. The summed E-state index contributed by atoms with van der Waals surface area (Å²) < 4.78 is 0. The Hall–Kier alpha value is -4.29. The quantitative estimate of drug-likeness (QED) is 0.230. The monoisotopic (exact) mass is 443 g/mol. The van der Waals surface area contributed by atoms with Gasteiger partial charge in [-0.1, -0.05) is 0 Å². The number of aromatic amines is 1. The number of aromatic nitrogens is 2. The van der Waals surface area contributed by atoms with E-state index in [0.717, 1.165) is 0 Å². The first-order chi connectivity index (χ1) is 15.2. The number of hydrogen-bond donors (Lipinski definition) is 6. The number of anilines is 4. The SMILES string of the molecule is Nc1nc2c(c(=O)[nH]1)N[C@H](CNc1ccc(C(=O)N[C@@H](CCC(=O)[O-])C(=O)[O-])cc1)CN2. The Morgan fingerprint density at radius 3 is 2.59 bits per heavy atom. The molecule has 2 atom stereocenters. The molecular weight excluding hydrogens is 422 g/mol. The fourth-order valence-electron chi connectivity index (χ4n) is 3.08. The Balaban J connectivity index is 1.54. The zero-order valence-electron chi connectivity index (χ0n) is 16.8. The van der Waals surface area contributed by atoms with E-state index >= 15 is 0 Å². The predicted molar refractivity (Wildman–Crippen MR) is 111 cm³/mol. The minimum Gasteiger partial charge on any atom is -0.550 e. The molecule has 3 rings (SSSR count). The molecule has 170 valence electrons. The maximum Gasteiger partial charge on any atom is 0.277 e. The van der Waals surface area contributed by atoms with E-state index in [0.29, 0.717) is 30.3 Å². The molecule has 2 heterocycles. The number of nitrogens with zero attached hydrogens (tertiary/aromatic N) is 1. The molecule has 0 radical (unpaired) electrons. The lowest BCUT2D eigenvalue weighted by atomic mass is 10.1. The lowest BCUT2D eigenvalue weighted by Crippen LogP contribution is -2.48. The molecule has 0 saturated heterocycles. The van der Waals surface area contributed by atoms with Crippen LogP contribution in [0.15, 0.2) is 29.1 Å². The Morgan fingerprint density at radius 2 is 1.94 bits per heavy atom. The van der Waals surface area contributed by atoms with Gasteiger partial charge in [0.15, 0.2) is 5.82 Å². The third-order valence-corrected chi connectivity index (χ3v) is 4.73. The van der Waals surface area contributed by atoms with Crippen molar-refractivity contribution in [2.75, 3.05) is 34.8 Å². The van der Waals surface area contributed by atoms with Gasteiger partial charge in [0.05, 0.1) is 18.1 Å². The van der Waals surface area contributed by atoms with E-state index in [-0.39, 0.29) is 29.5 Å². The molecule has 2 aromatic rings. The topological polar surface area (TPSA) is 217 Å². The van der Waals surface area contributed by atoms with Gasteiger partial charge in [-0.05, 0) is 37.1 Å². The van der Waals surface area contributed by atoms with Crippen LogP contribution in [0, 0.1) is 0 Å². The van der Waals surface area contributed by atoms with Gasteiger partial charge in [-0.3, -0.25) is 14.6 Å². The van der Waals surface area contributed by atoms with E-state index in [2.05, 4.69) is 31.2 Å². The maximum absolute atomic E-state index is 12.2. The van der Waals surface area contributed by atoms with Crippen LogP contribution < -0.4 is 42.8 Å². The normalized spacial score (nSPS) is 15.4. The number of aliphatic carboxylic acids is 2. The van der Waals surface area contributed by atoms with Crippen molar-refractivity contribution in [2.24, 2.45) is 0 Å². The molecule has 0 spiro atoms. The van der Waals surface area contributed by atoms with Gasteiger partial charge in [-0.25, -0.2) is 0 Å². The second-order valence-corrected chi connectivity index (χ2v) is 7.11. The summed E-state index contributed by atoms with van der Waals surface area (Å²) >= 11 is 0. The first kappa shape index (κ1) is 22.4. The molecule has 32 heavy (non-hydrogen) atoms. The number of hydrogen-bond acceptors (Lipinski definition) is 11.